The molecule has 2 aromatic rings. The van der Waals surface area contributed by atoms with E-state index < -0.39 is 5.54 Å². The van der Waals surface area contributed by atoms with Gasteiger partial charge in [-0.3, -0.25) is 4.79 Å². The van der Waals surface area contributed by atoms with Gasteiger partial charge in [0.2, 0.25) is 0 Å². The Morgan fingerprint density at radius 3 is 2.32 bits per heavy atom. The number of nitrogens with zero attached hydrogens (tertiary/aromatic N) is 2. The lowest BCUT2D eigenvalue weighted by molar-refractivity contribution is 0.222. The fraction of sp³-hybridized carbons (Fsp3) is 0.375. The molecule has 0 fully saturated rings. The van der Waals surface area contributed by atoms with Crippen LogP contribution in [-0.4, -0.2) is 9.78 Å². The molecule has 0 amide bonds. The maximum absolute atomic E-state index is 12.3. The summed E-state index contributed by atoms with van der Waals surface area (Å²) in [6.45, 7) is 7.52. The van der Waals surface area contributed by atoms with Gasteiger partial charge >= 0.3 is 0 Å². The summed E-state index contributed by atoms with van der Waals surface area (Å²) in [7, 11) is 0. The minimum atomic E-state index is -0.443. The van der Waals surface area contributed by atoms with E-state index in [2.05, 4.69) is 5.10 Å². The van der Waals surface area contributed by atoms with Gasteiger partial charge in [-0.2, -0.15) is 5.10 Å². The fourth-order valence-corrected chi connectivity index (χ4v) is 2.27. The highest BCUT2D eigenvalue weighted by atomic mass is 35.5. The summed E-state index contributed by atoms with van der Waals surface area (Å²) in [5, 5.41) is 4.83. The minimum Gasteiger partial charge on any atom is -0.483 e. The van der Waals surface area contributed by atoms with E-state index in [9.17, 15) is 4.79 Å². The topological polar surface area (TPSA) is 44.1 Å². The van der Waals surface area contributed by atoms with Crippen molar-refractivity contribution >= 4 is 23.2 Å². The molecule has 0 aliphatic rings. The summed E-state index contributed by atoms with van der Waals surface area (Å²) in [6, 6.07) is 7.30. The number of hydrogen-bond donors (Lipinski definition) is 0. The Bertz CT molecular complexity index is 718. The van der Waals surface area contributed by atoms with Crippen LogP contribution in [0.1, 0.15) is 39.4 Å². The van der Waals surface area contributed by atoms with Crippen LogP contribution >= 0.6 is 23.2 Å². The number of rotatable bonds is 3. The van der Waals surface area contributed by atoms with Gasteiger partial charge in [0, 0.05) is 5.02 Å². The van der Waals surface area contributed by atoms with Crippen molar-refractivity contribution in [1.29, 1.82) is 0 Å². The molecule has 0 saturated carbocycles. The van der Waals surface area contributed by atoms with Gasteiger partial charge in [-0.1, -0.05) is 35.3 Å². The van der Waals surface area contributed by atoms with E-state index in [0.717, 1.165) is 5.56 Å². The SMILES string of the molecule is CC(Oc1cnn(C(C)(C)C)c(=O)c1Cl)c1ccc(Cl)cc1. The van der Waals surface area contributed by atoms with Crippen molar-refractivity contribution in [3.63, 3.8) is 0 Å². The third kappa shape index (κ3) is 3.62. The zero-order valence-electron chi connectivity index (χ0n) is 12.9. The molecule has 1 atom stereocenters. The summed E-state index contributed by atoms with van der Waals surface area (Å²) in [5.74, 6) is 0.273. The van der Waals surface area contributed by atoms with Crippen molar-refractivity contribution in [2.24, 2.45) is 0 Å². The Morgan fingerprint density at radius 1 is 1.18 bits per heavy atom. The van der Waals surface area contributed by atoms with Gasteiger partial charge in [-0.15, -0.1) is 0 Å². The second-order valence-corrected chi connectivity index (χ2v) is 6.84. The van der Waals surface area contributed by atoms with E-state index in [1.807, 2.05) is 39.8 Å². The standard InChI is InChI=1S/C16H18Cl2N2O2/c1-10(11-5-7-12(17)8-6-11)22-13-9-19-20(16(2,3)4)15(21)14(13)18/h5-10H,1-4H3. The molecule has 0 N–H and O–H groups in total. The molecule has 22 heavy (non-hydrogen) atoms. The van der Waals surface area contributed by atoms with E-state index in [-0.39, 0.29) is 22.4 Å². The molecular formula is C16H18Cl2N2O2. The van der Waals surface area contributed by atoms with Gasteiger partial charge in [0.15, 0.2) is 10.8 Å². The molecular weight excluding hydrogens is 323 g/mol. The van der Waals surface area contributed by atoms with Crippen LogP contribution in [-0.2, 0) is 5.54 Å². The molecule has 1 unspecified atom stereocenters. The van der Waals surface area contributed by atoms with Crippen LogP contribution in [0.5, 0.6) is 5.75 Å². The average molecular weight is 341 g/mol. The van der Waals surface area contributed by atoms with Crippen LogP contribution in [0.15, 0.2) is 35.3 Å². The van der Waals surface area contributed by atoms with Gasteiger partial charge in [0.25, 0.3) is 5.56 Å². The largest absolute Gasteiger partial charge is 0.483 e. The molecule has 0 aliphatic carbocycles. The lowest BCUT2D eigenvalue weighted by atomic mass is 10.1. The van der Waals surface area contributed by atoms with E-state index >= 15 is 0 Å². The van der Waals surface area contributed by atoms with Gasteiger partial charge in [-0.25, -0.2) is 4.68 Å². The number of ether oxygens (including phenoxy) is 1. The molecule has 1 aromatic carbocycles. The van der Waals surface area contributed by atoms with Gasteiger partial charge in [0.05, 0.1) is 11.7 Å². The van der Waals surface area contributed by atoms with Crippen LogP contribution in [0.3, 0.4) is 0 Å². The second-order valence-electron chi connectivity index (χ2n) is 6.02. The van der Waals surface area contributed by atoms with Crippen molar-refractivity contribution in [3.8, 4) is 5.75 Å². The first-order valence-corrected chi connectivity index (χ1v) is 7.66. The highest BCUT2D eigenvalue weighted by Gasteiger charge is 2.21. The quantitative estimate of drug-likeness (QED) is 0.829. The average Bonchev–Trinajstić information content (AvgIpc) is 2.43. The van der Waals surface area contributed by atoms with Crippen LogP contribution in [0.25, 0.3) is 0 Å². The van der Waals surface area contributed by atoms with Crippen LogP contribution < -0.4 is 10.3 Å². The summed E-state index contributed by atoms with van der Waals surface area (Å²) in [5.41, 5.74) is 0.122. The van der Waals surface area contributed by atoms with E-state index in [0.29, 0.717) is 5.02 Å². The number of benzene rings is 1. The zero-order valence-corrected chi connectivity index (χ0v) is 14.4. The predicted octanol–water partition coefficient (Wildman–Crippen LogP) is 4.45. The Labute approximate surface area is 139 Å². The molecule has 0 bridgehead atoms. The van der Waals surface area contributed by atoms with Crippen molar-refractivity contribution in [3.05, 3.63) is 56.4 Å². The zero-order chi connectivity index (χ0) is 16.5. The Balaban J connectivity index is 2.29. The number of aromatic nitrogens is 2. The fourth-order valence-electron chi connectivity index (χ4n) is 1.97. The van der Waals surface area contributed by atoms with Crippen LogP contribution in [0.2, 0.25) is 10.0 Å². The highest BCUT2D eigenvalue weighted by molar-refractivity contribution is 6.31. The molecule has 0 radical (unpaired) electrons. The molecule has 0 aliphatic heterocycles. The molecule has 6 heteroatoms. The van der Waals surface area contributed by atoms with E-state index in [1.54, 1.807) is 12.1 Å². The van der Waals surface area contributed by atoms with Crippen molar-refractivity contribution in [2.75, 3.05) is 0 Å². The van der Waals surface area contributed by atoms with Gasteiger partial charge in [-0.05, 0) is 45.4 Å². The third-order valence-electron chi connectivity index (χ3n) is 3.17. The van der Waals surface area contributed by atoms with Crippen molar-refractivity contribution in [2.45, 2.75) is 39.3 Å². The number of hydrogen-bond acceptors (Lipinski definition) is 3. The summed E-state index contributed by atoms with van der Waals surface area (Å²) in [6.07, 6.45) is 1.20. The monoisotopic (exact) mass is 340 g/mol. The van der Waals surface area contributed by atoms with Gasteiger partial charge < -0.3 is 4.74 Å². The Kier molecular flexibility index (Phi) is 4.83. The Hall–Kier alpha value is -1.52. The summed E-state index contributed by atoms with van der Waals surface area (Å²) in [4.78, 5) is 12.3. The Morgan fingerprint density at radius 2 is 1.77 bits per heavy atom. The first kappa shape index (κ1) is 16.8. The minimum absolute atomic E-state index is 0.0331. The van der Waals surface area contributed by atoms with E-state index in [1.165, 1.54) is 10.9 Å². The van der Waals surface area contributed by atoms with Crippen LogP contribution in [0, 0.1) is 0 Å². The van der Waals surface area contributed by atoms with E-state index in [4.69, 9.17) is 27.9 Å². The first-order chi connectivity index (χ1) is 10.2. The molecule has 2 rings (SSSR count). The smallest absolute Gasteiger partial charge is 0.289 e. The molecule has 1 heterocycles. The maximum atomic E-state index is 12.3. The maximum Gasteiger partial charge on any atom is 0.289 e. The number of halogens is 2. The lowest BCUT2D eigenvalue weighted by Crippen LogP contribution is -2.36. The van der Waals surface area contributed by atoms with Gasteiger partial charge in [0.1, 0.15) is 6.10 Å². The first-order valence-electron chi connectivity index (χ1n) is 6.90. The molecule has 0 saturated heterocycles. The predicted molar refractivity (Wildman–Crippen MR) is 89.0 cm³/mol. The van der Waals surface area contributed by atoms with Crippen LogP contribution in [0.4, 0.5) is 0 Å². The van der Waals surface area contributed by atoms with Crippen molar-refractivity contribution < 1.29 is 4.74 Å². The molecule has 118 valence electrons. The lowest BCUT2D eigenvalue weighted by Gasteiger charge is -2.22. The molecule has 4 nitrogen and oxygen atoms in total. The third-order valence-corrected chi connectivity index (χ3v) is 3.77. The molecule has 1 aromatic heterocycles. The molecule has 0 spiro atoms. The summed E-state index contributed by atoms with van der Waals surface area (Å²) < 4.78 is 7.11. The van der Waals surface area contributed by atoms with Crippen molar-refractivity contribution in [1.82, 2.24) is 9.78 Å². The second kappa shape index (κ2) is 6.31. The summed E-state index contributed by atoms with van der Waals surface area (Å²) >= 11 is 12.0. The highest BCUT2D eigenvalue weighted by Crippen LogP contribution is 2.27. The normalized spacial score (nSPS) is 13.0.